The average Bonchev–Trinajstić information content (AvgIpc) is 3.18. The van der Waals surface area contributed by atoms with Crippen molar-refractivity contribution in [3.05, 3.63) is 40.3 Å². The van der Waals surface area contributed by atoms with Crippen LogP contribution in [0.2, 0.25) is 0 Å². The van der Waals surface area contributed by atoms with E-state index in [-0.39, 0.29) is 11.8 Å². The molecular weight excluding hydrogens is 329 g/mol. The number of amides is 2. The van der Waals surface area contributed by atoms with Crippen molar-refractivity contribution in [2.75, 3.05) is 13.1 Å². The van der Waals surface area contributed by atoms with E-state index in [9.17, 15) is 18.0 Å². The second kappa shape index (κ2) is 6.15. The Morgan fingerprint density at radius 1 is 1.26 bits per heavy atom. The third kappa shape index (κ3) is 3.44. The molecule has 122 valence electrons. The van der Waals surface area contributed by atoms with Crippen LogP contribution >= 0.6 is 11.3 Å². The summed E-state index contributed by atoms with van der Waals surface area (Å²) >= 11 is 1.23. The fourth-order valence-corrected chi connectivity index (χ4v) is 2.99. The summed E-state index contributed by atoms with van der Waals surface area (Å²) in [7, 11) is 0. The zero-order chi connectivity index (χ0) is 16.4. The quantitative estimate of drug-likeness (QED) is 0.800. The molecule has 1 saturated heterocycles. The van der Waals surface area contributed by atoms with Crippen LogP contribution in [0.1, 0.15) is 18.4 Å². The Hall–Kier alpha value is -2.16. The van der Waals surface area contributed by atoms with Crippen molar-refractivity contribution in [2.24, 2.45) is 4.99 Å². The minimum absolute atomic E-state index is 0.284. The zero-order valence-electron chi connectivity index (χ0n) is 12.0. The lowest BCUT2D eigenvalue weighted by molar-refractivity contribution is -0.137. The number of carbonyl (C=O) groups excluding carboxylic acids is 1. The molecule has 1 fully saturated rings. The Balaban J connectivity index is 1.90. The monoisotopic (exact) mass is 342 g/mol. The number of likely N-dealkylation sites (tertiary alicyclic amines) is 1. The molecule has 0 unspecified atom stereocenters. The fourth-order valence-electron chi connectivity index (χ4n) is 2.28. The number of thiazole rings is 1. The Morgan fingerprint density at radius 2 is 2.00 bits per heavy atom. The number of halogens is 3. The molecule has 0 spiro atoms. The molecule has 3 heterocycles. The third-order valence-corrected chi connectivity index (χ3v) is 4.24. The van der Waals surface area contributed by atoms with Crippen LogP contribution < -0.4 is 4.80 Å². The van der Waals surface area contributed by atoms with E-state index in [4.69, 9.17) is 0 Å². The number of nitrogens with zero attached hydrogens (tertiary/aromatic N) is 4. The van der Waals surface area contributed by atoms with Gasteiger partial charge in [0.1, 0.15) is 5.82 Å². The standard InChI is InChI=1S/C14H13F3N4OS/c15-14(16,17)10-3-4-11(18-9-10)21-7-8-23-13(21)19-12(22)20-5-1-2-6-20/h3-4,7-9H,1-2,5-6H2. The number of carbonyl (C=O) groups is 1. The zero-order valence-corrected chi connectivity index (χ0v) is 12.8. The highest BCUT2D eigenvalue weighted by Crippen LogP contribution is 2.28. The molecule has 5 nitrogen and oxygen atoms in total. The lowest BCUT2D eigenvalue weighted by atomic mass is 10.3. The molecule has 0 aliphatic carbocycles. The maximum absolute atomic E-state index is 12.6. The maximum Gasteiger partial charge on any atom is 0.417 e. The number of aromatic nitrogens is 2. The van der Waals surface area contributed by atoms with Gasteiger partial charge in [0, 0.05) is 30.9 Å². The van der Waals surface area contributed by atoms with Gasteiger partial charge in [0.15, 0.2) is 4.80 Å². The Bertz CT molecular complexity index is 757. The van der Waals surface area contributed by atoms with Gasteiger partial charge in [-0.05, 0) is 25.0 Å². The van der Waals surface area contributed by atoms with Crippen molar-refractivity contribution in [1.29, 1.82) is 0 Å². The van der Waals surface area contributed by atoms with Gasteiger partial charge in [-0.2, -0.15) is 18.2 Å². The highest BCUT2D eigenvalue weighted by atomic mass is 32.1. The van der Waals surface area contributed by atoms with Gasteiger partial charge in [-0.1, -0.05) is 0 Å². The van der Waals surface area contributed by atoms with Crippen LogP contribution in [0, 0.1) is 0 Å². The second-order valence-corrected chi connectivity index (χ2v) is 5.92. The van der Waals surface area contributed by atoms with E-state index in [2.05, 4.69) is 9.98 Å². The van der Waals surface area contributed by atoms with Crippen LogP contribution in [-0.2, 0) is 6.18 Å². The van der Waals surface area contributed by atoms with Crippen molar-refractivity contribution >= 4 is 17.4 Å². The summed E-state index contributed by atoms with van der Waals surface area (Å²) in [6.45, 7) is 1.37. The molecule has 9 heteroatoms. The molecule has 3 rings (SSSR count). The van der Waals surface area contributed by atoms with Crippen molar-refractivity contribution < 1.29 is 18.0 Å². The van der Waals surface area contributed by atoms with E-state index in [1.54, 1.807) is 16.5 Å². The molecule has 1 aliphatic heterocycles. The van der Waals surface area contributed by atoms with Gasteiger partial charge < -0.3 is 4.90 Å². The van der Waals surface area contributed by atoms with E-state index in [0.29, 0.717) is 17.9 Å². The summed E-state index contributed by atoms with van der Waals surface area (Å²) in [5.74, 6) is 0.284. The predicted molar refractivity (Wildman–Crippen MR) is 78.2 cm³/mol. The minimum atomic E-state index is -4.43. The van der Waals surface area contributed by atoms with E-state index in [1.807, 2.05) is 0 Å². The molecule has 2 amide bonds. The highest BCUT2D eigenvalue weighted by molar-refractivity contribution is 7.07. The lowest BCUT2D eigenvalue weighted by Crippen LogP contribution is -2.27. The largest absolute Gasteiger partial charge is 0.417 e. The first-order chi connectivity index (χ1) is 10.9. The summed E-state index contributed by atoms with van der Waals surface area (Å²) in [4.78, 5) is 22.0. The first-order valence-corrected chi connectivity index (χ1v) is 7.86. The number of pyridine rings is 1. The smallest absolute Gasteiger partial charge is 0.323 e. The van der Waals surface area contributed by atoms with Crippen LogP contribution in [0.25, 0.3) is 5.82 Å². The molecule has 0 saturated carbocycles. The predicted octanol–water partition coefficient (Wildman–Crippen LogP) is 3.07. The topological polar surface area (TPSA) is 50.5 Å². The van der Waals surface area contributed by atoms with Crippen molar-refractivity contribution in [3.63, 3.8) is 0 Å². The Labute approximate surface area is 133 Å². The summed E-state index contributed by atoms with van der Waals surface area (Å²) < 4.78 is 39.2. The molecule has 0 aromatic carbocycles. The lowest BCUT2D eigenvalue weighted by Gasteiger charge is -2.10. The van der Waals surface area contributed by atoms with Crippen molar-refractivity contribution in [1.82, 2.24) is 14.5 Å². The summed E-state index contributed by atoms with van der Waals surface area (Å²) in [6.07, 6.45) is -0.107. The van der Waals surface area contributed by atoms with Gasteiger partial charge >= 0.3 is 12.2 Å². The summed E-state index contributed by atoms with van der Waals surface area (Å²) in [6, 6.07) is 1.89. The molecule has 2 aromatic heterocycles. The third-order valence-electron chi connectivity index (χ3n) is 3.48. The van der Waals surface area contributed by atoms with Crippen LogP contribution in [0.15, 0.2) is 34.9 Å². The van der Waals surface area contributed by atoms with E-state index < -0.39 is 11.7 Å². The molecule has 2 aromatic rings. The van der Waals surface area contributed by atoms with Gasteiger partial charge in [-0.25, -0.2) is 9.78 Å². The van der Waals surface area contributed by atoms with Crippen LogP contribution in [0.5, 0.6) is 0 Å². The van der Waals surface area contributed by atoms with Gasteiger partial charge in [-0.3, -0.25) is 4.57 Å². The fraction of sp³-hybridized carbons (Fsp3) is 0.357. The van der Waals surface area contributed by atoms with Gasteiger partial charge in [0.25, 0.3) is 0 Å². The highest BCUT2D eigenvalue weighted by Gasteiger charge is 2.30. The number of rotatable bonds is 1. The second-order valence-electron chi connectivity index (χ2n) is 5.05. The summed E-state index contributed by atoms with van der Waals surface area (Å²) in [5, 5.41) is 1.70. The van der Waals surface area contributed by atoms with E-state index in [0.717, 1.165) is 25.1 Å². The first kappa shape index (κ1) is 15.7. The Kier molecular flexibility index (Phi) is 4.20. The first-order valence-electron chi connectivity index (χ1n) is 6.98. The van der Waals surface area contributed by atoms with E-state index in [1.165, 1.54) is 22.0 Å². The number of alkyl halides is 3. The Morgan fingerprint density at radius 3 is 2.61 bits per heavy atom. The molecule has 0 N–H and O–H groups in total. The molecule has 0 atom stereocenters. The minimum Gasteiger partial charge on any atom is -0.323 e. The SMILES string of the molecule is O=C(N=c1sccn1-c1ccc(C(F)(F)F)cn1)N1CCCC1. The van der Waals surface area contributed by atoms with Crippen LogP contribution in [0.4, 0.5) is 18.0 Å². The average molecular weight is 342 g/mol. The van der Waals surface area contributed by atoms with Gasteiger partial charge in [-0.15, -0.1) is 11.3 Å². The molecule has 1 aliphatic rings. The molecule has 0 bridgehead atoms. The normalized spacial score (nSPS) is 16.1. The van der Waals surface area contributed by atoms with Crippen LogP contribution in [0.3, 0.4) is 0 Å². The van der Waals surface area contributed by atoms with Crippen molar-refractivity contribution in [3.8, 4) is 5.82 Å². The maximum atomic E-state index is 12.6. The molecule has 0 radical (unpaired) electrons. The number of urea groups is 1. The van der Waals surface area contributed by atoms with Gasteiger partial charge in [0.2, 0.25) is 0 Å². The van der Waals surface area contributed by atoms with Crippen molar-refractivity contribution in [2.45, 2.75) is 19.0 Å². The molecular formula is C14H13F3N4OS. The van der Waals surface area contributed by atoms with Crippen LogP contribution in [-0.4, -0.2) is 33.6 Å². The number of hydrogen-bond acceptors (Lipinski definition) is 3. The van der Waals surface area contributed by atoms with E-state index >= 15 is 0 Å². The number of hydrogen-bond donors (Lipinski definition) is 0. The molecule has 23 heavy (non-hydrogen) atoms. The van der Waals surface area contributed by atoms with Gasteiger partial charge in [0.05, 0.1) is 5.56 Å². The summed E-state index contributed by atoms with van der Waals surface area (Å²) in [5.41, 5.74) is -0.816.